The van der Waals surface area contributed by atoms with Crippen LogP contribution < -0.4 is 10.6 Å². The van der Waals surface area contributed by atoms with Crippen molar-refractivity contribution < 1.29 is 4.79 Å². The van der Waals surface area contributed by atoms with Crippen molar-refractivity contribution in [3.63, 3.8) is 0 Å². The van der Waals surface area contributed by atoms with Crippen molar-refractivity contribution in [3.8, 4) is 0 Å². The van der Waals surface area contributed by atoms with Gasteiger partial charge in [0.2, 0.25) is 0 Å². The van der Waals surface area contributed by atoms with Gasteiger partial charge in [-0.1, -0.05) is 30.3 Å². The number of para-hydroxylation sites is 1. The Kier molecular flexibility index (Phi) is 4.00. The number of piperazine rings is 1. The molecule has 4 nitrogen and oxygen atoms in total. The second kappa shape index (κ2) is 6.10. The summed E-state index contributed by atoms with van der Waals surface area (Å²) in [5.41, 5.74) is 9.36. The maximum Gasteiger partial charge on any atom is 0.256 e. The van der Waals surface area contributed by atoms with Crippen molar-refractivity contribution in [1.82, 2.24) is 4.90 Å². The van der Waals surface area contributed by atoms with E-state index >= 15 is 0 Å². The van der Waals surface area contributed by atoms with Crippen LogP contribution in [0, 0.1) is 6.92 Å². The Balaban J connectivity index is 1.70. The Morgan fingerprint density at radius 1 is 0.955 bits per heavy atom. The molecule has 1 heterocycles. The van der Waals surface area contributed by atoms with E-state index in [2.05, 4.69) is 17.0 Å². The minimum Gasteiger partial charge on any atom is -0.398 e. The molecule has 2 aromatic rings. The average molecular weight is 295 g/mol. The highest BCUT2D eigenvalue weighted by molar-refractivity contribution is 6.00. The van der Waals surface area contributed by atoms with Crippen LogP contribution in [0.1, 0.15) is 15.9 Å². The lowest BCUT2D eigenvalue weighted by atomic mass is 10.0. The first-order valence-corrected chi connectivity index (χ1v) is 7.61. The predicted octanol–water partition coefficient (Wildman–Crippen LogP) is 2.54. The Bertz CT molecular complexity index is 641. The molecule has 0 aliphatic carbocycles. The minimum absolute atomic E-state index is 0.0447. The summed E-state index contributed by atoms with van der Waals surface area (Å²) < 4.78 is 0. The highest BCUT2D eigenvalue weighted by atomic mass is 16.2. The van der Waals surface area contributed by atoms with Crippen LogP contribution in [0.15, 0.2) is 48.5 Å². The van der Waals surface area contributed by atoms with Gasteiger partial charge in [0, 0.05) is 37.6 Å². The third-order valence-electron chi connectivity index (χ3n) is 4.21. The summed E-state index contributed by atoms with van der Waals surface area (Å²) in [6, 6.07) is 15.9. The first-order valence-electron chi connectivity index (χ1n) is 7.61. The lowest BCUT2D eigenvalue weighted by molar-refractivity contribution is 0.0747. The number of nitrogens with two attached hydrogens (primary N) is 1. The molecule has 0 atom stereocenters. The van der Waals surface area contributed by atoms with Crippen LogP contribution in [0.3, 0.4) is 0 Å². The molecule has 1 fully saturated rings. The number of carbonyl (C=O) groups is 1. The number of benzene rings is 2. The number of hydrogen-bond donors (Lipinski definition) is 1. The second-order valence-corrected chi connectivity index (χ2v) is 5.65. The lowest BCUT2D eigenvalue weighted by Gasteiger charge is -2.36. The molecule has 0 unspecified atom stereocenters. The smallest absolute Gasteiger partial charge is 0.256 e. The van der Waals surface area contributed by atoms with Crippen LogP contribution in [0.5, 0.6) is 0 Å². The van der Waals surface area contributed by atoms with Crippen molar-refractivity contribution in [2.75, 3.05) is 36.8 Å². The number of nitrogen functional groups attached to an aromatic ring is 1. The number of anilines is 2. The van der Waals surface area contributed by atoms with Crippen LogP contribution in [0.25, 0.3) is 0 Å². The van der Waals surface area contributed by atoms with E-state index in [9.17, 15) is 4.79 Å². The SMILES string of the molecule is Cc1cccc(N)c1C(=O)N1CCN(c2ccccc2)CC1. The number of rotatable bonds is 2. The second-order valence-electron chi connectivity index (χ2n) is 5.65. The summed E-state index contributed by atoms with van der Waals surface area (Å²) in [6.07, 6.45) is 0. The maximum atomic E-state index is 12.7. The number of nitrogens with zero attached hydrogens (tertiary/aromatic N) is 2. The third-order valence-corrected chi connectivity index (χ3v) is 4.21. The molecule has 114 valence electrons. The zero-order valence-electron chi connectivity index (χ0n) is 12.8. The lowest BCUT2D eigenvalue weighted by Crippen LogP contribution is -2.49. The van der Waals surface area contributed by atoms with Crippen LogP contribution in [-0.2, 0) is 0 Å². The quantitative estimate of drug-likeness (QED) is 0.866. The molecule has 0 aromatic heterocycles. The van der Waals surface area contributed by atoms with Crippen LogP contribution in [0.2, 0.25) is 0 Å². The van der Waals surface area contributed by atoms with Gasteiger partial charge in [0.15, 0.2) is 0 Å². The highest BCUT2D eigenvalue weighted by Crippen LogP contribution is 2.21. The molecule has 0 bridgehead atoms. The van der Waals surface area contributed by atoms with E-state index in [1.165, 1.54) is 5.69 Å². The van der Waals surface area contributed by atoms with E-state index < -0.39 is 0 Å². The standard InChI is InChI=1S/C18H21N3O/c1-14-6-5-9-16(19)17(14)18(22)21-12-10-20(11-13-21)15-7-3-2-4-8-15/h2-9H,10-13,19H2,1H3. The van der Waals surface area contributed by atoms with Crippen LogP contribution in [0.4, 0.5) is 11.4 Å². The van der Waals surface area contributed by atoms with Crippen molar-refractivity contribution in [2.45, 2.75) is 6.92 Å². The van der Waals surface area contributed by atoms with E-state index in [1.54, 1.807) is 6.07 Å². The zero-order chi connectivity index (χ0) is 15.5. The van der Waals surface area contributed by atoms with Crippen molar-refractivity contribution in [2.24, 2.45) is 0 Å². The molecule has 4 heteroatoms. The normalized spacial score (nSPS) is 15.0. The van der Waals surface area contributed by atoms with E-state index in [0.29, 0.717) is 11.3 Å². The Labute approximate surface area is 131 Å². The van der Waals surface area contributed by atoms with E-state index in [1.807, 2.05) is 42.2 Å². The first kappa shape index (κ1) is 14.4. The zero-order valence-corrected chi connectivity index (χ0v) is 12.8. The summed E-state index contributed by atoms with van der Waals surface area (Å²) in [7, 11) is 0. The highest BCUT2D eigenvalue weighted by Gasteiger charge is 2.24. The van der Waals surface area contributed by atoms with Gasteiger partial charge in [-0.3, -0.25) is 4.79 Å². The van der Waals surface area contributed by atoms with Crippen molar-refractivity contribution >= 4 is 17.3 Å². The fourth-order valence-corrected chi connectivity index (χ4v) is 2.95. The van der Waals surface area contributed by atoms with Gasteiger partial charge < -0.3 is 15.5 Å². The fraction of sp³-hybridized carbons (Fsp3) is 0.278. The molecular formula is C18H21N3O. The molecule has 0 radical (unpaired) electrons. The summed E-state index contributed by atoms with van der Waals surface area (Å²) >= 11 is 0. The van der Waals surface area contributed by atoms with Crippen LogP contribution >= 0.6 is 0 Å². The topological polar surface area (TPSA) is 49.6 Å². The van der Waals surface area contributed by atoms with Gasteiger partial charge >= 0.3 is 0 Å². The molecule has 1 aliphatic rings. The monoisotopic (exact) mass is 295 g/mol. The number of aryl methyl sites for hydroxylation is 1. The maximum absolute atomic E-state index is 12.7. The van der Waals surface area contributed by atoms with Crippen LogP contribution in [-0.4, -0.2) is 37.0 Å². The molecule has 3 rings (SSSR count). The van der Waals surface area contributed by atoms with Gasteiger partial charge in [-0.15, -0.1) is 0 Å². The fourth-order valence-electron chi connectivity index (χ4n) is 2.95. The average Bonchev–Trinajstić information content (AvgIpc) is 2.55. The number of carbonyl (C=O) groups excluding carboxylic acids is 1. The Hall–Kier alpha value is -2.49. The number of amides is 1. The first-order chi connectivity index (χ1) is 10.7. The van der Waals surface area contributed by atoms with Crippen molar-refractivity contribution in [3.05, 3.63) is 59.7 Å². The van der Waals surface area contributed by atoms with E-state index in [0.717, 1.165) is 31.7 Å². The molecule has 2 N–H and O–H groups in total. The molecule has 0 spiro atoms. The van der Waals surface area contributed by atoms with Gasteiger partial charge in [0.25, 0.3) is 5.91 Å². The Morgan fingerprint density at radius 2 is 1.64 bits per heavy atom. The van der Waals surface area contributed by atoms with Gasteiger partial charge in [-0.25, -0.2) is 0 Å². The van der Waals surface area contributed by atoms with E-state index in [4.69, 9.17) is 5.73 Å². The summed E-state index contributed by atoms with van der Waals surface area (Å²) in [5, 5.41) is 0. The van der Waals surface area contributed by atoms with Gasteiger partial charge in [0.1, 0.15) is 0 Å². The molecule has 1 aliphatic heterocycles. The summed E-state index contributed by atoms with van der Waals surface area (Å²) in [6.45, 7) is 5.08. The summed E-state index contributed by atoms with van der Waals surface area (Å²) in [4.78, 5) is 16.9. The largest absolute Gasteiger partial charge is 0.398 e. The van der Waals surface area contributed by atoms with Gasteiger partial charge in [-0.2, -0.15) is 0 Å². The molecule has 22 heavy (non-hydrogen) atoms. The van der Waals surface area contributed by atoms with Crippen molar-refractivity contribution in [1.29, 1.82) is 0 Å². The predicted molar refractivity (Wildman–Crippen MR) is 90.1 cm³/mol. The van der Waals surface area contributed by atoms with Gasteiger partial charge in [0.05, 0.1) is 5.56 Å². The molecule has 1 amide bonds. The molecule has 2 aromatic carbocycles. The number of hydrogen-bond acceptors (Lipinski definition) is 3. The third kappa shape index (κ3) is 2.77. The van der Waals surface area contributed by atoms with Gasteiger partial charge in [-0.05, 0) is 30.7 Å². The molecule has 1 saturated heterocycles. The minimum atomic E-state index is 0.0447. The Morgan fingerprint density at radius 3 is 2.27 bits per heavy atom. The molecule has 0 saturated carbocycles. The molecular weight excluding hydrogens is 274 g/mol. The summed E-state index contributed by atoms with van der Waals surface area (Å²) in [5.74, 6) is 0.0447. The van der Waals surface area contributed by atoms with E-state index in [-0.39, 0.29) is 5.91 Å².